The van der Waals surface area contributed by atoms with E-state index in [0.717, 1.165) is 25.7 Å². The number of hydrogen-bond acceptors (Lipinski definition) is 1. The minimum atomic E-state index is -0.509. The lowest BCUT2D eigenvalue weighted by Gasteiger charge is -2.40. The first kappa shape index (κ1) is 10.8. The van der Waals surface area contributed by atoms with Gasteiger partial charge in [-0.3, -0.25) is 0 Å². The van der Waals surface area contributed by atoms with Gasteiger partial charge in [0.15, 0.2) is 0 Å². The Morgan fingerprint density at radius 1 is 1.15 bits per heavy atom. The SMILES string of the molecule is C=CC(C)(C)C1(O)CCCCCC1. The average molecular weight is 182 g/mol. The van der Waals surface area contributed by atoms with Gasteiger partial charge in [-0.1, -0.05) is 45.6 Å². The van der Waals surface area contributed by atoms with E-state index >= 15 is 0 Å². The van der Waals surface area contributed by atoms with Gasteiger partial charge in [0.2, 0.25) is 0 Å². The Bertz CT molecular complexity index is 174. The highest BCUT2D eigenvalue weighted by atomic mass is 16.3. The average Bonchev–Trinajstić information content (AvgIpc) is 2.31. The first-order valence-electron chi connectivity index (χ1n) is 5.38. The maximum absolute atomic E-state index is 10.5. The summed E-state index contributed by atoms with van der Waals surface area (Å²) in [5, 5.41) is 10.5. The summed E-state index contributed by atoms with van der Waals surface area (Å²) in [7, 11) is 0. The molecule has 1 rings (SSSR count). The van der Waals surface area contributed by atoms with Crippen LogP contribution in [0, 0.1) is 5.41 Å². The van der Waals surface area contributed by atoms with E-state index in [9.17, 15) is 5.11 Å². The van der Waals surface area contributed by atoms with Crippen LogP contribution in [0.1, 0.15) is 52.4 Å². The van der Waals surface area contributed by atoms with Gasteiger partial charge >= 0.3 is 0 Å². The molecular formula is C12H22O. The molecule has 0 spiro atoms. The van der Waals surface area contributed by atoms with Gasteiger partial charge in [-0.15, -0.1) is 6.58 Å². The fraction of sp³-hybridized carbons (Fsp3) is 0.833. The van der Waals surface area contributed by atoms with E-state index in [1.165, 1.54) is 12.8 Å². The van der Waals surface area contributed by atoms with Crippen LogP contribution in [-0.4, -0.2) is 10.7 Å². The fourth-order valence-electron chi connectivity index (χ4n) is 2.15. The third-order valence-corrected chi connectivity index (χ3v) is 3.64. The van der Waals surface area contributed by atoms with Crippen molar-refractivity contribution >= 4 is 0 Å². The summed E-state index contributed by atoms with van der Waals surface area (Å²) in [4.78, 5) is 0. The quantitative estimate of drug-likeness (QED) is 0.513. The molecule has 0 aromatic carbocycles. The Kier molecular flexibility index (Phi) is 3.18. The molecule has 0 amide bonds. The van der Waals surface area contributed by atoms with Crippen LogP contribution >= 0.6 is 0 Å². The van der Waals surface area contributed by atoms with Gasteiger partial charge in [0.1, 0.15) is 0 Å². The Labute approximate surface area is 81.9 Å². The standard InChI is InChI=1S/C12H22O/c1-4-11(2,3)12(13)9-7-5-6-8-10-12/h4,13H,1,5-10H2,2-3H3. The molecule has 13 heavy (non-hydrogen) atoms. The fourth-order valence-corrected chi connectivity index (χ4v) is 2.15. The van der Waals surface area contributed by atoms with Crippen LogP contribution in [0.2, 0.25) is 0 Å². The van der Waals surface area contributed by atoms with E-state index in [-0.39, 0.29) is 5.41 Å². The van der Waals surface area contributed by atoms with Crippen molar-refractivity contribution in [3.63, 3.8) is 0 Å². The first-order valence-corrected chi connectivity index (χ1v) is 5.38. The van der Waals surface area contributed by atoms with E-state index in [1.807, 2.05) is 6.08 Å². The molecule has 1 nitrogen and oxygen atoms in total. The van der Waals surface area contributed by atoms with Crippen molar-refractivity contribution in [3.05, 3.63) is 12.7 Å². The van der Waals surface area contributed by atoms with Crippen LogP contribution in [0.15, 0.2) is 12.7 Å². The van der Waals surface area contributed by atoms with Crippen molar-refractivity contribution in [2.24, 2.45) is 5.41 Å². The Morgan fingerprint density at radius 2 is 1.62 bits per heavy atom. The number of aliphatic hydroxyl groups is 1. The molecule has 1 heteroatoms. The predicted octanol–water partition coefficient (Wildman–Crippen LogP) is 3.28. The lowest BCUT2D eigenvalue weighted by Crippen LogP contribution is -2.42. The van der Waals surface area contributed by atoms with Crippen LogP contribution in [0.3, 0.4) is 0 Å². The zero-order valence-corrected chi connectivity index (χ0v) is 8.97. The summed E-state index contributed by atoms with van der Waals surface area (Å²) in [6, 6.07) is 0. The molecule has 0 aliphatic heterocycles. The molecule has 0 aromatic rings. The second-order valence-corrected chi connectivity index (χ2v) is 4.87. The van der Waals surface area contributed by atoms with E-state index in [0.29, 0.717) is 0 Å². The monoisotopic (exact) mass is 182 g/mol. The molecule has 76 valence electrons. The minimum Gasteiger partial charge on any atom is -0.389 e. The van der Waals surface area contributed by atoms with Crippen LogP contribution < -0.4 is 0 Å². The van der Waals surface area contributed by atoms with Crippen LogP contribution in [0.25, 0.3) is 0 Å². The molecule has 1 aliphatic carbocycles. The predicted molar refractivity (Wildman–Crippen MR) is 56.6 cm³/mol. The van der Waals surface area contributed by atoms with Crippen molar-refractivity contribution in [1.29, 1.82) is 0 Å². The summed E-state index contributed by atoms with van der Waals surface area (Å²) in [5.74, 6) is 0. The molecule has 0 atom stereocenters. The third-order valence-electron chi connectivity index (χ3n) is 3.64. The van der Waals surface area contributed by atoms with Gasteiger partial charge in [-0.25, -0.2) is 0 Å². The number of hydrogen-bond donors (Lipinski definition) is 1. The minimum absolute atomic E-state index is 0.142. The molecule has 0 aromatic heterocycles. The van der Waals surface area contributed by atoms with Gasteiger partial charge < -0.3 is 5.11 Å². The van der Waals surface area contributed by atoms with Crippen LogP contribution in [-0.2, 0) is 0 Å². The Morgan fingerprint density at radius 3 is 2.00 bits per heavy atom. The number of rotatable bonds is 2. The van der Waals surface area contributed by atoms with Crippen LogP contribution in [0.5, 0.6) is 0 Å². The normalized spacial score (nSPS) is 23.6. The second-order valence-electron chi connectivity index (χ2n) is 4.87. The van der Waals surface area contributed by atoms with E-state index < -0.39 is 5.60 Å². The Hall–Kier alpha value is -0.300. The van der Waals surface area contributed by atoms with Gasteiger partial charge in [0.05, 0.1) is 5.60 Å². The highest BCUT2D eigenvalue weighted by molar-refractivity contribution is 5.03. The first-order chi connectivity index (χ1) is 6.02. The van der Waals surface area contributed by atoms with Crippen molar-refractivity contribution in [1.82, 2.24) is 0 Å². The maximum atomic E-state index is 10.5. The summed E-state index contributed by atoms with van der Waals surface area (Å²) >= 11 is 0. The van der Waals surface area contributed by atoms with E-state index in [1.54, 1.807) is 0 Å². The van der Waals surface area contributed by atoms with Gasteiger partial charge in [0, 0.05) is 5.41 Å². The molecule has 1 saturated carbocycles. The largest absolute Gasteiger partial charge is 0.389 e. The van der Waals surface area contributed by atoms with Gasteiger partial charge in [-0.05, 0) is 12.8 Å². The third kappa shape index (κ3) is 2.14. The summed E-state index contributed by atoms with van der Waals surface area (Å²) < 4.78 is 0. The molecule has 1 fully saturated rings. The zero-order valence-electron chi connectivity index (χ0n) is 8.97. The van der Waals surface area contributed by atoms with Gasteiger partial charge in [-0.2, -0.15) is 0 Å². The zero-order chi connectivity index (χ0) is 9.95. The molecule has 1 N–H and O–H groups in total. The molecule has 0 radical (unpaired) electrons. The Balaban J connectivity index is 2.76. The van der Waals surface area contributed by atoms with Crippen molar-refractivity contribution in [3.8, 4) is 0 Å². The van der Waals surface area contributed by atoms with Crippen LogP contribution in [0.4, 0.5) is 0 Å². The van der Waals surface area contributed by atoms with Crippen molar-refractivity contribution < 1.29 is 5.11 Å². The maximum Gasteiger partial charge on any atom is 0.0732 e. The molecule has 0 saturated heterocycles. The second kappa shape index (κ2) is 3.83. The molecule has 0 bridgehead atoms. The highest BCUT2D eigenvalue weighted by Crippen LogP contribution is 2.41. The van der Waals surface area contributed by atoms with E-state index in [4.69, 9.17) is 0 Å². The van der Waals surface area contributed by atoms with Crippen molar-refractivity contribution in [2.75, 3.05) is 0 Å². The van der Waals surface area contributed by atoms with Crippen molar-refractivity contribution in [2.45, 2.75) is 58.0 Å². The lowest BCUT2D eigenvalue weighted by molar-refractivity contribution is -0.0546. The summed E-state index contributed by atoms with van der Waals surface area (Å²) in [5.41, 5.74) is -0.650. The van der Waals surface area contributed by atoms with Gasteiger partial charge in [0.25, 0.3) is 0 Å². The summed E-state index contributed by atoms with van der Waals surface area (Å²) in [6.45, 7) is 8.00. The summed E-state index contributed by atoms with van der Waals surface area (Å²) in [6.07, 6.45) is 8.64. The lowest BCUT2D eigenvalue weighted by atomic mass is 9.71. The van der Waals surface area contributed by atoms with E-state index in [2.05, 4.69) is 20.4 Å². The highest BCUT2D eigenvalue weighted by Gasteiger charge is 2.40. The molecule has 0 heterocycles. The topological polar surface area (TPSA) is 20.2 Å². The molecular weight excluding hydrogens is 160 g/mol. The smallest absolute Gasteiger partial charge is 0.0732 e. The molecule has 0 unspecified atom stereocenters. The molecule has 1 aliphatic rings.